The standard InChI is InChI=1S/C13H19N3O5/c1-4-6-15-8-10(16(19)20)7-11(15)12(17)14-9(3)13(18)21-5-2/h7-9H,4-6H2,1-3H3,(H,14,17). The van der Waals surface area contributed by atoms with Gasteiger partial charge >= 0.3 is 5.97 Å². The molecule has 21 heavy (non-hydrogen) atoms. The van der Waals surface area contributed by atoms with E-state index in [2.05, 4.69) is 5.32 Å². The highest BCUT2D eigenvalue weighted by Gasteiger charge is 2.22. The molecule has 0 saturated carbocycles. The lowest BCUT2D eigenvalue weighted by Gasteiger charge is -2.13. The summed E-state index contributed by atoms with van der Waals surface area (Å²) in [5, 5.41) is 13.3. The van der Waals surface area contributed by atoms with Crippen LogP contribution < -0.4 is 5.32 Å². The first-order valence-electron chi connectivity index (χ1n) is 6.72. The minimum Gasteiger partial charge on any atom is -0.464 e. The van der Waals surface area contributed by atoms with Crippen LogP contribution in [0.5, 0.6) is 0 Å². The van der Waals surface area contributed by atoms with Crippen molar-refractivity contribution in [3.8, 4) is 0 Å². The van der Waals surface area contributed by atoms with Gasteiger partial charge in [-0.2, -0.15) is 0 Å². The number of carbonyl (C=O) groups excluding carboxylic acids is 2. The van der Waals surface area contributed by atoms with Crippen LogP contribution in [0.3, 0.4) is 0 Å². The number of nitrogens with zero attached hydrogens (tertiary/aromatic N) is 2. The van der Waals surface area contributed by atoms with Gasteiger partial charge < -0.3 is 14.6 Å². The van der Waals surface area contributed by atoms with Gasteiger partial charge in [0.05, 0.1) is 17.7 Å². The van der Waals surface area contributed by atoms with Gasteiger partial charge in [0.1, 0.15) is 11.7 Å². The van der Waals surface area contributed by atoms with Crippen LogP contribution in [-0.2, 0) is 16.1 Å². The van der Waals surface area contributed by atoms with Gasteiger partial charge in [0.2, 0.25) is 0 Å². The number of hydrogen-bond acceptors (Lipinski definition) is 5. The van der Waals surface area contributed by atoms with Crippen LogP contribution in [0.15, 0.2) is 12.3 Å². The molecule has 0 fully saturated rings. The normalized spacial score (nSPS) is 11.8. The zero-order valence-corrected chi connectivity index (χ0v) is 12.3. The zero-order valence-electron chi connectivity index (χ0n) is 12.3. The maximum absolute atomic E-state index is 12.1. The second kappa shape index (κ2) is 7.41. The van der Waals surface area contributed by atoms with Crippen LogP contribution in [0.25, 0.3) is 0 Å². The van der Waals surface area contributed by atoms with Crippen LogP contribution in [0.4, 0.5) is 5.69 Å². The second-order valence-corrected chi connectivity index (χ2v) is 4.48. The fraction of sp³-hybridized carbons (Fsp3) is 0.538. The summed E-state index contributed by atoms with van der Waals surface area (Å²) in [5.74, 6) is -1.09. The van der Waals surface area contributed by atoms with Crippen LogP contribution in [0.2, 0.25) is 0 Å². The van der Waals surface area contributed by atoms with Crippen LogP contribution in [-0.4, -0.2) is 34.0 Å². The highest BCUT2D eigenvalue weighted by Crippen LogP contribution is 2.17. The van der Waals surface area contributed by atoms with E-state index >= 15 is 0 Å². The summed E-state index contributed by atoms with van der Waals surface area (Å²) in [6.45, 7) is 5.76. The van der Waals surface area contributed by atoms with Gasteiger partial charge in [-0.3, -0.25) is 14.9 Å². The molecule has 1 aromatic heterocycles. The van der Waals surface area contributed by atoms with E-state index in [4.69, 9.17) is 4.74 Å². The minimum absolute atomic E-state index is 0.152. The smallest absolute Gasteiger partial charge is 0.328 e. The fourth-order valence-electron chi connectivity index (χ4n) is 1.81. The molecule has 1 aromatic rings. The van der Waals surface area contributed by atoms with Crippen molar-refractivity contribution in [1.29, 1.82) is 0 Å². The summed E-state index contributed by atoms with van der Waals surface area (Å²) in [4.78, 5) is 33.9. The first-order valence-corrected chi connectivity index (χ1v) is 6.72. The van der Waals surface area contributed by atoms with E-state index in [1.807, 2.05) is 6.92 Å². The zero-order chi connectivity index (χ0) is 16.0. The molecular weight excluding hydrogens is 278 g/mol. The Balaban J connectivity index is 2.90. The van der Waals surface area contributed by atoms with Crippen molar-refractivity contribution < 1.29 is 19.2 Å². The molecule has 1 heterocycles. The van der Waals surface area contributed by atoms with Crippen LogP contribution in [0.1, 0.15) is 37.7 Å². The molecule has 0 aromatic carbocycles. The number of nitro groups is 1. The van der Waals surface area contributed by atoms with E-state index in [1.54, 1.807) is 6.92 Å². The van der Waals surface area contributed by atoms with Gasteiger partial charge in [0, 0.05) is 12.6 Å². The minimum atomic E-state index is -0.818. The van der Waals surface area contributed by atoms with Gasteiger partial charge in [-0.1, -0.05) is 6.92 Å². The Hall–Kier alpha value is -2.38. The lowest BCUT2D eigenvalue weighted by atomic mass is 10.3. The Labute approximate surface area is 122 Å². The van der Waals surface area contributed by atoms with Gasteiger partial charge in [-0.05, 0) is 20.3 Å². The third kappa shape index (κ3) is 4.30. The first kappa shape index (κ1) is 16.7. The Bertz CT molecular complexity index is 538. The molecule has 0 aliphatic carbocycles. The van der Waals surface area contributed by atoms with E-state index in [1.165, 1.54) is 23.8 Å². The molecule has 8 nitrogen and oxygen atoms in total. The number of aromatic nitrogens is 1. The summed E-state index contributed by atoms with van der Waals surface area (Å²) in [5.41, 5.74) is -0.00270. The molecule has 0 aliphatic heterocycles. The number of nitrogens with one attached hydrogen (secondary N) is 1. The summed E-state index contributed by atoms with van der Waals surface area (Å²) in [6, 6.07) is 0.379. The summed E-state index contributed by atoms with van der Waals surface area (Å²) < 4.78 is 6.30. The van der Waals surface area contributed by atoms with E-state index in [0.29, 0.717) is 6.54 Å². The lowest BCUT2D eigenvalue weighted by molar-refractivity contribution is -0.384. The largest absolute Gasteiger partial charge is 0.464 e. The first-order chi connectivity index (χ1) is 9.90. The fourth-order valence-corrected chi connectivity index (χ4v) is 1.81. The Morgan fingerprint density at radius 1 is 1.48 bits per heavy atom. The van der Waals surface area contributed by atoms with Gasteiger partial charge in [-0.25, -0.2) is 4.79 Å². The number of rotatable bonds is 7. The molecule has 0 saturated heterocycles. The molecule has 0 aliphatic rings. The highest BCUT2D eigenvalue weighted by molar-refractivity contribution is 5.96. The monoisotopic (exact) mass is 297 g/mol. The Morgan fingerprint density at radius 2 is 2.14 bits per heavy atom. The second-order valence-electron chi connectivity index (χ2n) is 4.48. The topological polar surface area (TPSA) is 103 Å². The number of esters is 1. The molecule has 1 atom stereocenters. The third-order valence-electron chi connectivity index (χ3n) is 2.78. The molecule has 116 valence electrons. The SMILES string of the molecule is CCCn1cc([N+](=O)[O-])cc1C(=O)NC(C)C(=O)OCC. The van der Waals surface area contributed by atoms with Crippen molar-refractivity contribution in [1.82, 2.24) is 9.88 Å². The Morgan fingerprint density at radius 3 is 2.67 bits per heavy atom. The van der Waals surface area contributed by atoms with E-state index in [0.717, 1.165) is 6.42 Å². The summed E-state index contributed by atoms with van der Waals surface area (Å²) in [6.07, 6.45) is 2.03. The van der Waals surface area contributed by atoms with Crippen LogP contribution >= 0.6 is 0 Å². The number of ether oxygens (including phenoxy) is 1. The molecule has 1 amide bonds. The number of hydrogen-bond donors (Lipinski definition) is 1. The van der Waals surface area contributed by atoms with Gasteiger partial charge in [-0.15, -0.1) is 0 Å². The molecule has 0 radical (unpaired) electrons. The number of aryl methyl sites for hydroxylation is 1. The highest BCUT2D eigenvalue weighted by atomic mass is 16.6. The van der Waals surface area contributed by atoms with Crippen molar-refractivity contribution in [2.24, 2.45) is 0 Å². The summed E-state index contributed by atoms with van der Waals surface area (Å²) >= 11 is 0. The molecule has 8 heteroatoms. The number of amides is 1. The van der Waals surface area contributed by atoms with E-state index in [-0.39, 0.29) is 18.0 Å². The van der Waals surface area contributed by atoms with E-state index in [9.17, 15) is 19.7 Å². The van der Waals surface area contributed by atoms with Crippen molar-refractivity contribution in [2.75, 3.05) is 6.61 Å². The molecular formula is C13H19N3O5. The van der Waals surface area contributed by atoms with Crippen molar-refractivity contribution >= 4 is 17.6 Å². The maximum atomic E-state index is 12.1. The molecule has 1 rings (SSSR count). The average Bonchev–Trinajstić information content (AvgIpc) is 2.83. The van der Waals surface area contributed by atoms with Crippen molar-refractivity contribution in [2.45, 2.75) is 39.8 Å². The number of carbonyl (C=O) groups is 2. The molecule has 1 N–H and O–H groups in total. The quantitative estimate of drug-likeness (QED) is 0.466. The van der Waals surface area contributed by atoms with E-state index < -0.39 is 22.8 Å². The molecule has 1 unspecified atom stereocenters. The maximum Gasteiger partial charge on any atom is 0.328 e. The van der Waals surface area contributed by atoms with Gasteiger partial charge in [0.15, 0.2) is 0 Å². The lowest BCUT2D eigenvalue weighted by Crippen LogP contribution is -2.40. The molecule has 0 spiro atoms. The Kier molecular flexibility index (Phi) is 5.89. The average molecular weight is 297 g/mol. The predicted molar refractivity (Wildman–Crippen MR) is 74.9 cm³/mol. The van der Waals surface area contributed by atoms with Crippen LogP contribution in [0, 0.1) is 10.1 Å². The van der Waals surface area contributed by atoms with Crippen molar-refractivity contribution in [3.05, 3.63) is 28.1 Å². The molecule has 0 bridgehead atoms. The summed E-state index contributed by atoms with van der Waals surface area (Å²) in [7, 11) is 0. The predicted octanol–water partition coefficient (Wildman–Crippen LogP) is 1.49. The van der Waals surface area contributed by atoms with Gasteiger partial charge in [0.25, 0.3) is 11.6 Å². The third-order valence-corrected chi connectivity index (χ3v) is 2.78. The van der Waals surface area contributed by atoms with Crippen molar-refractivity contribution in [3.63, 3.8) is 0 Å².